The zero-order valence-corrected chi connectivity index (χ0v) is 8.17. The third-order valence-electron chi connectivity index (χ3n) is 1.47. The van der Waals surface area contributed by atoms with E-state index in [1.807, 2.05) is 0 Å². The van der Waals surface area contributed by atoms with Gasteiger partial charge in [0.05, 0.1) is 12.8 Å². The quantitative estimate of drug-likeness (QED) is 0.567. The highest BCUT2D eigenvalue weighted by atomic mass is 32.1. The van der Waals surface area contributed by atoms with Crippen LogP contribution in [-0.2, 0) is 4.74 Å². The molecule has 0 saturated carbocycles. The lowest BCUT2D eigenvalue weighted by atomic mass is 10.4. The van der Waals surface area contributed by atoms with E-state index >= 15 is 0 Å². The van der Waals surface area contributed by atoms with Gasteiger partial charge in [0, 0.05) is 0 Å². The molecule has 13 heavy (non-hydrogen) atoms. The molecule has 2 rings (SSSR count). The summed E-state index contributed by atoms with van der Waals surface area (Å²) < 4.78 is 5.31. The maximum Gasteiger partial charge on any atom is 0.220 e. The van der Waals surface area contributed by atoms with Crippen molar-refractivity contribution in [1.29, 1.82) is 0 Å². The van der Waals surface area contributed by atoms with Crippen LogP contribution in [-0.4, -0.2) is 21.8 Å². The molecule has 0 atom stereocenters. The Labute approximate surface area is 85.2 Å². The van der Waals surface area contributed by atoms with E-state index in [-0.39, 0.29) is 0 Å². The minimum absolute atomic E-state index is 0.529. The molecule has 2 heterocycles. The van der Waals surface area contributed by atoms with Gasteiger partial charge in [0.15, 0.2) is 0 Å². The first-order valence-corrected chi connectivity index (χ1v) is 4.44. The Kier molecular flexibility index (Phi) is 2.19. The molecular formula is C6H6N4OS2. The SMILES string of the molecule is S=C1CC(OC2=NNC(=S)C2)=NN1. The molecule has 0 radical (unpaired) electrons. The molecule has 0 bridgehead atoms. The molecule has 0 saturated heterocycles. The third kappa shape index (κ3) is 1.99. The fourth-order valence-electron chi connectivity index (χ4n) is 0.936. The molecule has 0 aromatic heterocycles. The Morgan fingerprint density at radius 2 is 1.46 bits per heavy atom. The second kappa shape index (κ2) is 3.35. The number of ether oxygens (including phenoxy) is 1. The molecule has 0 aliphatic carbocycles. The monoisotopic (exact) mass is 214 g/mol. The van der Waals surface area contributed by atoms with Crippen LogP contribution in [0, 0.1) is 0 Å². The van der Waals surface area contributed by atoms with Gasteiger partial charge in [-0.05, 0) is 0 Å². The maximum atomic E-state index is 5.31. The van der Waals surface area contributed by atoms with Gasteiger partial charge in [-0.3, -0.25) is 10.9 Å². The summed E-state index contributed by atoms with van der Waals surface area (Å²) in [5, 5.41) is 7.71. The number of nitrogens with zero attached hydrogens (tertiary/aromatic N) is 2. The third-order valence-corrected chi connectivity index (χ3v) is 1.94. The van der Waals surface area contributed by atoms with Gasteiger partial charge in [0.25, 0.3) is 0 Å². The van der Waals surface area contributed by atoms with Crippen molar-refractivity contribution in [3.63, 3.8) is 0 Å². The van der Waals surface area contributed by atoms with E-state index < -0.39 is 0 Å². The van der Waals surface area contributed by atoms with Gasteiger partial charge >= 0.3 is 0 Å². The Morgan fingerprint density at radius 3 is 1.77 bits per heavy atom. The van der Waals surface area contributed by atoms with Gasteiger partial charge in [0.2, 0.25) is 11.8 Å². The van der Waals surface area contributed by atoms with Crippen molar-refractivity contribution in [3.05, 3.63) is 0 Å². The highest BCUT2D eigenvalue weighted by Crippen LogP contribution is 2.05. The summed E-state index contributed by atoms with van der Waals surface area (Å²) in [7, 11) is 0. The van der Waals surface area contributed by atoms with Crippen LogP contribution in [0.15, 0.2) is 10.2 Å². The van der Waals surface area contributed by atoms with Crippen LogP contribution in [0.2, 0.25) is 0 Å². The molecule has 0 unspecified atom stereocenters. The lowest BCUT2D eigenvalue weighted by Crippen LogP contribution is -2.11. The summed E-state index contributed by atoms with van der Waals surface area (Å²) in [4.78, 5) is 1.31. The lowest BCUT2D eigenvalue weighted by molar-refractivity contribution is 0.527. The molecule has 2 N–H and O–H groups in total. The van der Waals surface area contributed by atoms with Gasteiger partial charge in [-0.1, -0.05) is 24.4 Å². The number of rotatable bonds is 0. The Morgan fingerprint density at radius 1 is 1.00 bits per heavy atom. The number of nitrogens with one attached hydrogen (secondary N) is 2. The normalized spacial score (nSPS) is 20.6. The van der Waals surface area contributed by atoms with Gasteiger partial charge in [0.1, 0.15) is 9.98 Å². The van der Waals surface area contributed by atoms with E-state index in [1.165, 1.54) is 0 Å². The highest BCUT2D eigenvalue weighted by Gasteiger charge is 2.19. The van der Waals surface area contributed by atoms with E-state index in [0.29, 0.717) is 34.6 Å². The fourth-order valence-corrected chi connectivity index (χ4v) is 1.27. The van der Waals surface area contributed by atoms with E-state index in [1.54, 1.807) is 0 Å². The molecule has 0 aromatic rings. The van der Waals surface area contributed by atoms with Crippen LogP contribution in [0.4, 0.5) is 0 Å². The van der Waals surface area contributed by atoms with Crippen LogP contribution in [0.25, 0.3) is 0 Å². The van der Waals surface area contributed by atoms with Crippen molar-refractivity contribution in [3.8, 4) is 0 Å². The molecule has 0 aromatic carbocycles. The maximum absolute atomic E-state index is 5.31. The summed E-state index contributed by atoms with van der Waals surface area (Å²) in [6, 6.07) is 0. The molecule has 0 spiro atoms. The molecule has 5 nitrogen and oxygen atoms in total. The predicted molar refractivity (Wildman–Crippen MR) is 56.7 cm³/mol. The van der Waals surface area contributed by atoms with E-state index in [0.717, 1.165) is 0 Å². The first-order chi connectivity index (χ1) is 6.24. The standard InChI is InChI=1S/C6H6N4OS2/c12-5-1-3(7-9-5)11-4-2-6(13)10-8-4/h1-2H2,(H,9,12)(H,10,13). The summed E-state index contributed by atoms with van der Waals surface area (Å²) >= 11 is 9.75. The first-order valence-electron chi connectivity index (χ1n) is 3.63. The van der Waals surface area contributed by atoms with Crippen LogP contribution in [0.1, 0.15) is 12.8 Å². The molecule has 2 aliphatic heterocycles. The number of thiocarbonyl (C=S) groups is 2. The zero-order valence-electron chi connectivity index (χ0n) is 6.53. The van der Waals surface area contributed by atoms with Crippen molar-refractivity contribution < 1.29 is 4.74 Å². The van der Waals surface area contributed by atoms with Crippen LogP contribution < -0.4 is 10.9 Å². The lowest BCUT2D eigenvalue weighted by Gasteiger charge is -1.99. The van der Waals surface area contributed by atoms with Crippen molar-refractivity contribution >= 4 is 46.2 Å². The van der Waals surface area contributed by atoms with Gasteiger partial charge in [-0.15, -0.1) is 10.2 Å². The van der Waals surface area contributed by atoms with Crippen molar-refractivity contribution in [2.75, 3.05) is 0 Å². The average Bonchev–Trinajstić information content (AvgIpc) is 2.62. The van der Waals surface area contributed by atoms with E-state index in [2.05, 4.69) is 21.1 Å². The van der Waals surface area contributed by atoms with Crippen molar-refractivity contribution in [1.82, 2.24) is 10.9 Å². The second-order valence-corrected chi connectivity index (χ2v) is 3.52. The minimum atomic E-state index is 0.529. The summed E-state index contributed by atoms with van der Waals surface area (Å²) in [6.45, 7) is 0. The molecule has 2 aliphatic rings. The molecular weight excluding hydrogens is 208 g/mol. The number of hydrogen-bond acceptors (Lipinski definition) is 5. The largest absolute Gasteiger partial charge is 0.425 e. The Hall–Kier alpha value is -1.08. The van der Waals surface area contributed by atoms with E-state index in [4.69, 9.17) is 29.2 Å². The van der Waals surface area contributed by atoms with Gasteiger partial charge < -0.3 is 4.74 Å². The van der Waals surface area contributed by atoms with Gasteiger partial charge in [-0.2, -0.15) is 0 Å². The molecule has 68 valence electrons. The molecule has 7 heteroatoms. The minimum Gasteiger partial charge on any atom is -0.425 e. The summed E-state index contributed by atoms with van der Waals surface area (Å²) in [6.07, 6.45) is 1.06. The zero-order chi connectivity index (χ0) is 9.26. The number of hydrazone groups is 2. The highest BCUT2D eigenvalue weighted by molar-refractivity contribution is 7.80. The van der Waals surface area contributed by atoms with Crippen LogP contribution in [0.5, 0.6) is 0 Å². The smallest absolute Gasteiger partial charge is 0.220 e. The predicted octanol–water partition coefficient (Wildman–Crippen LogP) is 0.271. The van der Waals surface area contributed by atoms with Crippen molar-refractivity contribution in [2.24, 2.45) is 10.2 Å². The number of hydrogen-bond donors (Lipinski definition) is 2. The van der Waals surface area contributed by atoms with Crippen LogP contribution in [0.3, 0.4) is 0 Å². The second-order valence-electron chi connectivity index (χ2n) is 2.54. The molecule has 0 fully saturated rings. The van der Waals surface area contributed by atoms with Crippen LogP contribution >= 0.6 is 24.4 Å². The summed E-state index contributed by atoms with van der Waals surface area (Å²) in [5.74, 6) is 1.07. The topological polar surface area (TPSA) is 58.0 Å². The average molecular weight is 214 g/mol. The Bertz CT molecular complexity index is 304. The van der Waals surface area contributed by atoms with Crippen molar-refractivity contribution in [2.45, 2.75) is 12.8 Å². The summed E-state index contributed by atoms with van der Waals surface area (Å²) in [5.41, 5.74) is 5.28. The van der Waals surface area contributed by atoms with Gasteiger partial charge in [-0.25, -0.2) is 0 Å². The first kappa shape index (κ1) is 8.52. The Balaban J connectivity index is 1.92. The molecule has 0 amide bonds. The fraction of sp³-hybridized carbons (Fsp3) is 0.333. The van der Waals surface area contributed by atoms with E-state index in [9.17, 15) is 0 Å².